The molecule has 114 valence electrons. The minimum absolute atomic E-state index is 0.262. The van der Waals surface area contributed by atoms with Gasteiger partial charge in [0.2, 0.25) is 0 Å². The fourth-order valence-electron chi connectivity index (χ4n) is 2.42. The molecule has 0 saturated carbocycles. The van der Waals surface area contributed by atoms with Crippen LogP contribution in [-0.2, 0) is 16.1 Å². The van der Waals surface area contributed by atoms with Crippen LogP contribution < -0.4 is 5.32 Å². The molecule has 2 amide bonds. The van der Waals surface area contributed by atoms with Crippen molar-refractivity contribution in [3.8, 4) is 11.3 Å². The summed E-state index contributed by atoms with van der Waals surface area (Å²) >= 11 is 0.838. The lowest BCUT2D eigenvalue weighted by atomic mass is 10.0. The first-order valence-electron chi connectivity index (χ1n) is 6.75. The molecule has 2 aromatic rings. The maximum absolute atomic E-state index is 11.5. The molecule has 0 radical (unpaired) electrons. The molecule has 2 aliphatic heterocycles. The summed E-state index contributed by atoms with van der Waals surface area (Å²) in [6, 6.07) is 8.82. The van der Waals surface area contributed by atoms with Gasteiger partial charge in [0.1, 0.15) is 18.1 Å². The molecule has 3 heterocycles. The number of nitrogens with one attached hydrogen (secondary N) is 1. The van der Waals surface area contributed by atoms with Crippen LogP contribution >= 0.6 is 11.8 Å². The van der Waals surface area contributed by atoms with E-state index in [0.29, 0.717) is 22.0 Å². The molecule has 0 aliphatic carbocycles. The van der Waals surface area contributed by atoms with E-state index in [9.17, 15) is 14.4 Å². The van der Waals surface area contributed by atoms with Crippen molar-refractivity contribution in [2.45, 2.75) is 6.61 Å². The number of hydrogen-bond acceptors (Lipinski definition) is 6. The van der Waals surface area contributed by atoms with E-state index in [-0.39, 0.29) is 12.6 Å². The van der Waals surface area contributed by atoms with Crippen molar-refractivity contribution in [3.63, 3.8) is 0 Å². The molecule has 0 bridgehead atoms. The Bertz CT molecular complexity index is 896. The number of amides is 2. The maximum Gasteiger partial charge on any atom is 0.338 e. The largest absolute Gasteiger partial charge is 0.457 e. The van der Waals surface area contributed by atoms with Crippen LogP contribution in [0.1, 0.15) is 21.7 Å². The number of thioether (sulfide) groups is 1. The van der Waals surface area contributed by atoms with Gasteiger partial charge in [-0.1, -0.05) is 6.07 Å². The van der Waals surface area contributed by atoms with Gasteiger partial charge in [-0.15, -0.1) is 0 Å². The first kappa shape index (κ1) is 13.8. The quantitative estimate of drug-likeness (QED) is 0.674. The Morgan fingerprint density at radius 2 is 2.00 bits per heavy atom. The van der Waals surface area contributed by atoms with E-state index in [2.05, 4.69) is 5.32 Å². The molecule has 2 aliphatic rings. The van der Waals surface area contributed by atoms with Gasteiger partial charge in [0.25, 0.3) is 11.1 Å². The normalized spacial score (nSPS) is 18.3. The lowest BCUT2D eigenvalue weighted by Crippen LogP contribution is -2.17. The summed E-state index contributed by atoms with van der Waals surface area (Å²) in [6.45, 7) is 0.262. The van der Waals surface area contributed by atoms with Gasteiger partial charge in [-0.3, -0.25) is 14.9 Å². The summed E-state index contributed by atoms with van der Waals surface area (Å²) in [5, 5.41) is 1.80. The zero-order valence-electron chi connectivity index (χ0n) is 11.6. The number of furan rings is 1. The molecule has 1 aromatic carbocycles. The highest BCUT2D eigenvalue weighted by molar-refractivity contribution is 8.18. The van der Waals surface area contributed by atoms with Crippen LogP contribution in [0, 0.1) is 0 Å². The van der Waals surface area contributed by atoms with Crippen molar-refractivity contribution in [2.75, 3.05) is 0 Å². The molecule has 23 heavy (non-hydrogen) atoms. The fraction of sp³-hybridized carbons (Fsp3) is 0.0625. The molecule has 4 rings (SSSR count). The first-order chi connectivity index (χ1) is 11.1. The highest BCUT2D eigenvalue weighted by Gasteiger charge is 2.25. The van der Waals surface area contributed by atoms with Gasteiger partial charge in [-0.25, -0.2) is 4.79 Å². The molecule has 7 heteroatoms. The topological polar surface area (TPSA) is 85.6 Å². The van der Waals surface area contributed by atoms with Crippen molar-refractivity contribution in [2.24, 2.45) is 0 Å². The van der Waals surface area contributed by atoms with Gasteiger partial charge in [0.15, 0.2) is 0 Å². The van der Waals surface area contributed by atoms with Crippen LogP contribution in [0.15, 0.2) is 39.7 Å². The number of esters is 1. The van der Waals surface area contributed by atoms with Gasteiger partial charge in [0.05, 0.1) is 10.5 Å². The number of hydrogen-bond donors (Lipinski definition) is 1. The molecular formula is C16H9NO5S. The summed E-state index contributed by atoms with van der Waals surface area (Å²) in [4.78, 5) is 34.4. The molecular weight excluding hydrogens is 318 g/mol. The highest BCUT2D eigenvalue weighted by atomic mass is 32.2. The van der Waals surface area contributed by atoms with Crippen LogP contribution in [0.2, 0.25) is 0 Å². The number of ether oxygens (including phenoxy) is 1. The van der Waals surface area contributed by atoms with Gasteiger partial charge in [-0.2, -0.15) is 0 Å². The van der Waals surface area contributed by atoms with Crippen molar-refractivity contribution in [3.05, 3.63) is 52.1 Å². The number of benzene rings is 1. The van der Waals surface area contributed by atoms with Crippen LogP contribution in [0.25, 0.3) is 17.4 Å². The lowest BCUT2D eigenvalue weighted by molar-refractivity contribution is -0.115. The molecule has 0 atom stereocenters. The van der Waals surface area contributed by atoms with Gasteiger partial charge >= 0.3 is 5.97 Å². The van der Waals surface area contributed by atoms with E-state index in [1.807, 2.05) is 6.07 Å². The van der Waals surface area contributed by atoms with Crippen molar-refractivity contribution in [1.29, 1.82) is 0 Å². The lowest BCUT2D eigenvalue weighted by Gasteiger charge is -1.99. The molecule has 0 unspecified atom stereocenters. The Kier molecular flexibility index (Phi) is 3.09. The van der Waals surface area contributed by atoms with Crippen LogP contribution in [0.4, 0.5) is 4.79 Å². The Balaban J connectivity index is 1.64. The van der Waals surface area contributed by atoms with E-state index in [4.69, 9.17) is 9.15 Å². The van der Waals surface area contributed by atoms with E-state index >= 15 is 0 Å². The van der Waals surface area contributed by atoms with E-state index < -0.39 is 11.1 Å². The Hall–Kier alpha value is -2.80. The van der Waals surface area contributed by atoms with Crippen molar-refractivity contribution >= 4 is 35.0 Å². The third-order valence-electron chi connectivity index (χ3n) is 3.51. The predicted molar refractivity (Wildman–Crippen MR) is 82.4 cm³/mol. The molecule has 1 aromatic heterocycles. The van der Waals surface area contributed by atoms with Crippen LogP contribution in [-0.4, -0.2) is 17.1 Å². The van der Waals surface area contributed by atoms with Gasteiger partial charge < -0.3 is 9.15 Å². The number of carbonyl (C=O) groups is 3. The van der Waals surface area contributed by atoms with E-state index in [1.54, 1.807) is 24.3 Å². The molecule has 0 spiro atoms. The number of rotatable bonds is 2. The van der Waals surface area contributed by atoms with Crippen molar-refractivity contribution in [1.82, 2.24) is 5.32 Å². The number of cyclic esters (lactones) is 1. The second-order valence-corrected chi connectivity index (χ2v) is 6.02. The summed E-state index contributed by atoms with van der Waals surface area (Å²) in [7, 11) is 0. The molecule has 6 nitrogen and oxygen atoms in total. The predicted octanol–water partition coefficient (Wildman–Crippen LogP) is 2.94. The van der Waals surface area contributed by atoms with Crippen LogP contribution in [0.5, 0.6) is 0 Å². The highest BCUT2D eigenvalue weighted by Crippen LogP contribution is 2.30. The minimum Gasteiger partial charge on any atom is -0.457 e. The second kappa shape index (κ2) is 5.13. The third-order valence-corrected chi connectivity index (χ3v) is 4.32. The zero-order chi connectivity index (χ0) is 16.0. The van der Waals surface area contributed by atoms with Crippen LogP contribution in [0.3, 0.4) is 0 Å². The van der Waals surface area contributed by atoms with E-state index in [0.717, 1.165) is 22.9 Å². The maximum atomic E-state index is 11.5. The Morgan fingerprint density at radius 1 is 1.13 bits per heavy atom. The number of imide groups is 1. The Morgan fingerprint density at radius 3 is 2.78 bits per heavy atom. The minimum atomic E-state index is -0.425. The first-order valence-corrected chi connectivity index (χ1v) is 7.57. The average molecular weight is 327 g/mol. The summed E-state index contributed by atoms with van der Waals surface area (Å²) in [6.07, 6.45) is 1.52. The van der Waals surface area contributed by atoms with Crippen molar-refractivity contribution < 1.29 is 23.5 Å². The smallest absolute Gasteiger partial charge is 0.338 e. The van der Waals surface area contributed by atoms with E-state index in [1.165, 1.54) is 6.08 Å². The Labute approximate surface area is 134 Å². The molecule has 1 N–H and O–H groups in total. The third kappa shape index (κ3) is 2.44. The fourth-order valence-corrected chi connectivity index (χ4v) is 3.08. The molecule has 1 fully saturated rings. The number of fused-ring (bicyclic) bond motifs is 1. The monoisotopic (exact) mass is 327 g/mol. The van der Waals surface area contributed by atoms with Gasteiger partial charge in [-0.05, 0) is 36.0 Å². The molecule has 1 saturated heterocycles. The average Bonchev–Trinajstić information content (AvgIpc) is 3.21. The number of carbonyl (C=O) groups excluding carboxylic acids is 3. The second-order valence-electron chi connectivity index (χ2n) is 5.00. The standard InChI is InChI=1S/C16H9NO5S/c18-14-13(23-16(20)17-14)6-10-2-4-12(22-10)8-1-3-11-9(5-8)7-21-15(11)19/h1-6H,7H2,(H,17,18,20)/b13-6+. The summed E-state index contributed by atoms with van der Waals surface area (Å²) in [5.41, 5.74) is 2.20. The summed E-state index contributed by atoms with van der Waals surface area (Å²) < 4.78 is 10.7. The zero-order valence-corrected chi connectivity index (χ0v) is 12.4. The van der Waals surface area contributed by atoms with Gasteiger partial charge in [0, 0.05) is 17.2 Å². The summed E-state index contributed by atoms with van der Waals surface area (Å²) in [5.74, 6) is 0.338. The SMILES string of the molecule is O=C1NC(=O)/C(=C\c2ccc(-c3ccc4c(c3)COC4=O)o2)S1.